The van der Waals surface area contributed by atoms with E-state index >= 15 is 0 Å². The lowest BCUT2D eigenvalue weighted by atomic mass is 10.0. The van der Waals surface area contributed by atoms with Gasteiger partial charge in [-0.25, -0.2) is 34.3 Å². The first-order chi connectivity index (χ1) is 51.4. The first kappa shape index (κ1) is 89.0. The Hall–Kier alpha value is -8.94. The molecule has 5 saturated heterocycles. The van der Waals surface area contributed by atoms with Crippen LogP contribution in [0.4, 0.5) is 54.5 Å². The fourth-order valence-corrected chi connectivity index (χ4v) is 12.4. The van der Waals surface area contributed by atoms with Crippen LogP contribution in [0.15, 0.2) is 86.4 Å². The second kappa shape index (κ2) is 42.3. The molecular weight excluding hydrogens is 1470 g/mol. The normalized spacial score (nSPS) is 16.2. The van der Waals surface area contributed by atoms with Crippen LogP contribution in [-0.2, 0) is 23.8 Å². The fourth-order valence-electron chi connectivity index (χ4n) is 11.9. The van der Waals surface area contributed by atoms with Gasteiger partial charge in [0.25, 0.3) is 0 Å². The van der Waals surface area contributed by atoms with Crippen molar-refractivity contribution in [3.05, 3.63) is 102 Å². The van der Waals surface area contributed by atoms with E-state index in [1.54, 1.807) is 65.6 Å². The van der Waals surface area contributed by atoms with Gasteiger partial charge in [0, 0.05) is 146 Å². The molecule has 0 bridgehead atoms. The molecule has 5 aromatic rings. The monoisotopic (exact) mass is 1580 g/mol. The van der Waals surface area contributed by atoms with Gasteiger partial charge >= 0.3 is 18.3 Å². The Morgan fingerprint density at radius 1 is 0.514 bits per heavy atom. The zero-order chi connectivity index (χ0) is 80.3. The van der Waals surface area contributed by atoms with Crippen molar-refractivity contribution in [2.45, 2.75) is 174 Å². The number of ether oxygens (including phenoxy) is 7. The summed E-state index contributed by atoms with van der Waals surface area (Å²) in [6, 6.07) is 13.4. The second-order valence-electron chi connectivity index (χ2n) is 29.9. The Bertz CT molecular complexity index is 3750. The molecule has 600 valence electrons. The third-order valence-corrected chi connectivity index (χ3v) is 18.1. The van der Waals surface area contributed by atoms with Gasteiger partial charge < -0.3 is 94.2 Å². The SMILES string of the molecule is C=CC(=O)Nc1cc(N)c(OC)cc1N1CCC(N(C)C)CC1.C=CC(=O)Nc1cc(Nc2nccc(OC3CCN(C(=O)OC(C)(C)C)CC3)n2)c(OC)cc1N1CCC(N(C)C)CC1.CC(C)(C)OC(=O)N1CCC(O)CC1.CC(C)(C)OC(=O)N1CCC(Oc2ccnc(Cl)n2)CC1.Clc1ccnc(Cl)n1. The second-order valence-corrected chi connectivity index (χ2v) is 30.9. The van der Waals surface area contributed by atoms with Gasteiger partial charge in [0.05, 0.1) is 54.4 Å². The van der Waals surface area contributed by atoms with Gasteiger partial charge in [-0.1, -0.05) is 24.8 Å². The van der Waals surface area contributed by atoms with Crippen molar-refractivity contribution < 1.29 is 62.2 Å². The number of aromatic nitrogens is 6. The Balaban J connectivity index is 0.000000237. The van der Waals surface area contributed by atoms with Gasteiger partial charge in [0.15, 0.2) is 0 Å². The average Bonchev–Trinajstić information content (AvgIpc) is 0.805. The maximum Gasteiger partial charge on any atom is 0.410 e. The number of nitrogens with one attached hydrogen (secondary N) is 3. The largest absolute Gasteiger partial charge is 0.495 e. The number of aliphatic hydroxyl groups excluding tert-OH is 1. The van der Waals surface area contributed by atoms with Crippen LogP contribution in [0.3, 0.4) is 0 Å². The lowest BCUT2D eigenvalue weighted by molar-refractivity contribution is -0.112. The molecule has 0 saturated carbocycles. The number of aliphatic hydroxyl groups is 1. The predicted molar refractivity (Wildman–Crippen MR) is 426 cm³/mol. The molecule has 0 spiro atoms. The summed E-state index contributed by atoms with van der Waals surface area (Å²) in [5.74, 6) is 1.86. The number of hydrogen-bond acceptors (Lipinski definition) is 25. The maximum absolute atomic E-state index is 12.4. The molecule has 8 heterocycles. The van der Waals surface area contributed by atoms with Crippen LogP contribution in [0.2, 0.25) is 15.7 Å². The smallest absolute Gasteiger partial charge is 0.410 e. The topological polar surface area (TPSA) is 332 Å². The van der Waals surface area contributed by atoms with Crippen molar-refractivity contribution in [1.29, 1.82) is 0 Å². The van der Waals surface area contributed by atoms with Crippen LogP contribution in [0.25, 0.3) is 0 Å². The number of methoxy groups -OCH3 is 2. The quantitative estimate of drug-likeness (QED) is 0.0201. The molecule has 5 amide bonds. The zero-order valence-electron chi connectivity index (χ0n) is 65.7. The minimum absolute atomic E-state index is 0.0228. The summed E-state index contributed by atoms with van der Waals surface area (Å²) >= 11 is 16.5. The van der Waals surface area contributed by atoms with Crippen LogP contribution < -0.4 is 50.4 Å². The molecule has 5 fully saturated rings. The van der Waals surface area contributed by atoms with Crippen LogP contribution in [0.1, 0.15) is 127 Å². The molecule has 6 N–H and O–H groups in total. The van der Waals surface area contributed by atoms with E-state index < -0.39 is 16.8 Å². The number of nitrogen functional groups attached to an aromatic ring is 1. The van der Waals surface area contributed by atoms with Crippen molar-refractivity contribution in [3.63, 3.8) is 0 Å². The van der Waals surface area contributed by atoms with Crippen LogP contribution in [0, 0.1) is 0 Å². The standard InChI is InChI=1S/C31H45N7O5.C17H26N4O2.C14H20ClN3O3.C10H19NO3.C4H2Cl2N2/c1-8-27(39)33-23-19-24(26(41-7)20-25(23)37-15-10-21(11-16-37)36(5)6)34-29-32-14-9-28(35-29)42-22-12-17-38(18-13-22)30(40)43-31(2,3)4;1-5-17(22)19-14-10-13(18)16(23-4)11-15(14)21-8-6-12(7-9-21)20(2)3;1-14(2,3)21-13(19)18-8-5-10(6-9-18)20-11-4-7-16-12(15)17-11;1-10(2,3)14-9(13)11-6-4-8(12)5-7-11;5-3-1-2-7-4(6)8-3/h8-9,14,19-22H,1,10-13,15-18H2,2-7H3,(H,33,39)(H,32,34,35);5,10-12H,1,6-9,18H2,2-4H3,(H,19,22);4,7,10H,5-6,8-9H2,1-3H3;8,12H,4-7H2,1-3H3;1-2H. The van der Waals surface area contributed by atoms with E-state index in [9.17, 15) is 29.1 Å². The summed E-state index contributed by atoms with van der Waals surface area (Å²) in [6.45, 7) is 30.9. The Morgan fingerprint density at radius 2 is 0.890 bits per heavy atom. The van der Waals surface area contributed by atoms with Gasteiger partial charge in [-0.2, -0.15) is 9.97 Å². The van der Waals surface area contributed by atoms with E-state index in [0.29, 0.717) is 134 Å². The van der Waals surface area contributed by atoms with E-state index in [1.165, 1.54) is 18.3 Å². The molecule has 3 aromatic heterocycles. The number of likely N-dealkylation sites (tertiary alicyclic amines) is 3. The number of hydrogen-bond donors (Lipinski definition) is 5. The van der Waals surface area contributed by atoms with E-state index in [-0.39, 0.29) is 59.0 Å². The summed E-state index contributed by atoms with van der Waals surface area (Å²) in [5, 5.41) is 19.0. The van der Waals surface area contributed by atoms with Crippen molar-refractivity contribution >= 4 is 105 Å². The van der Waals surface area contributed by atoms with E-state index in [1.807, 2.05) is 80.5 Å². The van der Waals surface area contributed by atoms with Gasteiger partial charge in [-0.15, -0.1) is 0 Å². The lowest BCUT2D eigenvalue weighted by Gasteiger charge is -2.37. The summed E-state index contributed by atoms with van der Waals surface area (Å²) < 4.78 is 39.0. The number of halogens is 3. The molecule has 0 unspecified atom stereocenters. The molecule has 0 radical (unpaired) electrons. The third kappa shape index (κ3) is 30.8. The maximum atomic E-state index is 12.4. The predicted octanol–water partition coefficient (Wildman–Crippen LogP) is 12.7. The lowest BCUT2D eigenvalue weighted by Crippen LogP contribution is -2.44. The number of carbonyl (C=O) groups excluding carboxylic acids is 5. The molecule has 33 heteroatoms. The van der Waals surface area contributed by atoms with Crippen molar-refractivity contribution in [2.24, 2.45) is 0 Å². The molecule has 109 heavy (non-hydrogen) atoms. The molecule has 0 atom stereocenters. The van der Waals surface area contributed by atoms with Crippen molar-refractivity contribution in [1.82, 2.24) is 54.4 Å². The summed E-state index contributed by atoms with van der Waals surface area (Å²) in [4.78, 5) is 98.0. The minimum atomic E-state index is -0.529. The van der Waals surface area contributed by atoms with Crippen molar-refractivity contribution in [3.8, 4) is 23.3 Å². The Kier molecular flexibility index (Phi) is 34.5. The highest BCUT2D eigenvalue weighted by Gasteiger charge is 2.32. The van der Waals surface area contributed by atoms with Crippen molar-refractivity contribution in [2.75, 3.05) is 139 Å². The average molecular weight is 1580 g/mol. The third-order valence-electron chi connectivity index (χ3n) is 17.6. The van der Waals surface area contributed by atoms with E-state index in [4.69, 9.17) is 73.7 Å². The molecule has 5 aliphatic heterocycles. The number of benzene rings is 2. The molecule has 5 aliphatic rings. The molecule has 30 nitrogen and oxygen atoms in total. The number of anilines is 7. The summed E-state index contributed by atoms with van der Waals surface area (Å²) in [5.41, 5.74) is 8.78. The number of nitrogens with two attached hydrogens (primary N) is 1. The number of rotatable bonds is 16. The highest BCUT2D eigenvalue weighted by Crippen LogP contribution is 2.41. The highest BCUT2D eigenvalue weighted by molar-refractivity contribution is 6.31. The molecule has 0 aliphatic carbocycles. The van der Waals surface area contributed by atoms with Gasteiger partial charge in [-0.05, 0) is 183 Å². The highest BCUT2D eigenvalue weighted by atomic mass is 35.5. The Labute approximate surface area is 656 Å². The first-order valence-corrected chi connectivity index (χ1v) is 37.6. The van der Waals surface area contributed by atoms with Crippen LogP contribution in [-0.4, -0.2) is 245 Å². The first-order valence-electron chi connectivity index (χ1n) is 36.5. The fraction of sp³-hybridized carbons (Fsp3) is 0.566. The number of nitrogens with zero attached hydrogens (tertiary/aromatic N) is 13. The van der Waals surface area contributed by atoms with Gasteiger partial charge in [0.1, 0.15) is 45.7 Å². The van der Waals surface area contributed by atoms with E-state index in [2.05, 4.69) is 107 Å². The van der Waals surface area contributed by atoms with Gasteiger partial charge in [0.2, 0.25) is 40.1 Å². The summed E-state index contributed by atoms with van der Waals surface area (Å²) in [7, 11) is 11.6. The molecule has 2 aromatic carbocycles. The van der Waals surface area contributed by atoms with Crippen LogP contribution in [0.5, 0.6) is 23.3 Å². The van der Waals surface area contributed by atoms with Gasteiger partial charge in [-0.3, -0.25) is 9.59 Å². The number of piperidine rings is 5. The minimum Gasteiger partial charge on any atom is -0.495 e. The molecule has 10 rings (SSSR count). The van der Waals surface area contributed by atoms with E-state index in [0.717, 1.165) is 76.1 Å². The molecular formula is C76H112Cl3N17O13. The summed E-state index contributed by atoms with van der Waals surface area (Å²) in [6.07, 6.45) is 14.3. The Morgan fingerprint density at radius 3 is 1.26 bits per heavy atom. The van der Waals surface area contributed by atoms with Crippen LogP contribution >= 0.6 is 34.8 Å². The number of carbonyl (C=O) groups is 5. The zero-order valence-corrected chi connectivity index (χ0v) is 68.0. The number of amides is 5.